The summed E-state index contributed by atoms with van der Waals surface area (Å²) in [6, 6.07) is 9.97. The summed E-state index contributed by atoms with van der Waals surface area (Å²) in [6.07, 6.45) is 5.52. The van der Waals surface area contributed by atoms with E-state index in [0.29, 0.717) is 0 Å². The fourth-order valence-electron chi connectivity index (χ4n) is 5.06. The van der Waals surface area contributed by atoms with Crippen molar-refractivity contribution < 1.29 is 9.53 Å². The van der Waals surface area contributed by atoms with Gasteiger partial charge in [-0.25, -0.2) is 9.97 Å². The maximum atomic E-state index is 12.8. The summed E-state index contributed by atoms with van der Waals surface area (Å²) in [7, 11) is 3.56. The molecule has 0 aliphatic carbocycles. The van der Waals surface area contributed by atoms with E-state index in [1.54, 1.807) is 24.6 Å². The van der Waals surface area contributed by atoms with Crippen molar-refractivity contribution in [2.45, 2.75) is 18.8 Å². The molecule has 1 aromatic carbocycles. The van der Waals surface area contributed by atoms with Crippen molar-refractivity contribution in [2.75, 3.05) is 32.6 Å². The Kier molecular flexibility index (Phi) is 5.41. The van der Waals surface area contributed by atoms with E-state index in [9.17, 15) is 4.79 Å². The van der Waals surface area contributed by atoms with Crippen LogP contribution in [-0.4, -0.2) is 57.4 Å². The molecule has 0 bridgehead atoms. The Morgan fingerprint density at radius 3 is 2.86 bits per heavy atom. The van der Waals surface area contributed by atoms with Crippen LogP contribution >= 0.6 is 11.3 Å². The van der Waals surface area contributed by atoms with E-state index in [4.69, 9.17) is 9.72 Å². The molecule has 1 aliphatic rings. The van der Waals surface area contributed by atoms with E-state index in [2.05, 4.69) is 25.8 Å². The number of amides is 1. The van der Waals surface area contributed by atoms with Gasteiger partial charge in [-0.2, -0.15) is 11.3 Å². The summed E-state index contributed by atoms with van der Waals surface area (Å²) < 4.78 is 7.71. The SMILES string of the molecule is CNc1nccn2c(C3CCN(C(=O)c4ccsc4)CC3)nc(-c3cc4c(OC)cccc4[nH]3)c12. The first-order chi connectivity index (χ1) is 17.2. The zero-order valence-electron chi connectivity index (χ0n) is 19.6. The quantitative estimate of drug-likeness (QED) is 0.365. The molecule has 1 fully saturated rings. The monoisotopic (exact) mass is 486 g/mol. The van der Waals surface area contributed by atoms with Crippen molar-refractivity contribution >= 4 is 39.5 Å². The molecule has 35 heavy (non-hydrogen) atoms. The van der Waals surface area contributed by atoms with Crippen LogP contribution in [0.5, 0.6) is 5.75 Å². The minimum atomic E-state index is 0.118. The predicted molar refractivity (Wildman–Crippen MR) is 139 cm³/mol. The number of H-pyrrole nitrogens is 1. The summed E-state index contributed by atoms with van der Waals surface area (Å²) >= 11 is 1.55. The van der Waals surface area contributed by atoms with Crippen LogP contribution in [0.2, 0.25) is 0 Å². The molecule has 9 heteroatoms. The maximum absolute atomic E-state index is 12.8. The van der Waals surface area contributed by atoms with Crippen molar-refractivity contribution in [1.82, 2.24) is 24.3 Å². The number of rotatable bonds is 5. The Balaban J connectivity index is 1.38. The number of piperidine rings is 1. The van der Waals surface area contributed by atoms with Gasteiger partial charge in [0.2, 0.25) is 0 Å². The lowest BCUT2D eigenvalue weighted by molar-refractivity contribution is 0.0711. The Morgan fingerprint density at radius 1 is 1.26 bits per heavy atom. The molecular formula is C26H26N6O2S. The summed E-state index contributed by atoms with van der Waals surface area (Å²) in [5.41, 5.74) is 4.49. The van der Waals surface area contributed by atoms with Crippen molar-refractivity contribution in [1.29, 1.82) is 0 Å². The van der Waals surface area contributed by atoms with Gasteiger partial charge in [-0.05, 0) is 42.5 Å². The first-order valence-electron chi connectivity index (χ1n) is 11.7. The average molecular weight is 487 g/mol. The van der Waals surface area contributed by atoms with Crippen LogP contribution in [0.25, 0.3) is 27.8 Å². The molecule has 8 nitrogen and oxygen atoms in total. The number of imidazole rings is 1. The number of hydrogen-bond acceptors (Lipinski definition) is 6. The normalized spacial score (nSPS) is 14.6. The largest absolute Gasteiger partial charge is 0.496 e. The molecule has 1 aliphatic heterocycles. The highest BCUT2D eigenvalue weighted by Gasteiger charge is 2.29. The third-order valence-corrected chi connectivity index (χ3v) is 7.52. The van der Waals surface area contributed by atoms with E-state index in [-0.39, 0.29) is 11.8 Å². The predicted octanol–water partition coefficient (Wildman–Crippen LogP) is 5.01. The van der Waals surface area contributed by atoms with Gasteiger partial charge in [0, 0.05) is 54.7 Å². The first kappa shape index (κ1) is 21.7. The minimum Gasteiger partial charge on any atom is -0.496 e. The number of benzene rings is 1. The van der Waals surface area contributed by atoms with Crippen LogP contribution in [0.4, 0.5) is 5.82 Å². The van der Waals surface area contributed by atoms with Gasteiger partial charge in [0.25, 0.3) is 5.91 Å². The van der Waals surface area contributed by atoms with Gasteiger partial charge in [0.05, 0.1) is 18.4 Å². The Hall–Kier alpha value is -3.85. The first-order valence-corrected chi connectivity index (χ1v) is 12.6. The number of carbonyl (C=O) groups is 1. The zero-order chi connectivity index (χ0) is 23.9. The highest BCUT2D eigenvalue weighted by Crippen LogP contribution is 2.37. The molecule has 0 unspecified atom stereocenters. The number of nitrogens with zero attached hydrogens (tertiary/aromatic N) is 4. The van der Waals surface area contributed by atoms with Crippen molar-refractivity contribution in [3.63, 3.8) is 0 Å². The molecule has 4 aromatic heterocycles. The highest BCUT2D eigenvalue weighted by atomic mass is 32.1. The van der Waals surface area contributed by atoms with Crippen LogP contribution in [0.3, 0.4) is 0 Å². The number of fused-ring (bicyclic) bond motifs is 2. The zero-order valence-corrected chi connectivity index (χ0v) is 20.4. The number of carbonyl (C=O) groups excluding carboxylic acids is 1. The molecule has 0 atom stereocenters. The van der Waals surface area contributed by atoms with E-state index in [1.165, 1.54) is 0 Å². The number of aromatic nitrogens is 4. The number of nitrogens with one attached hydrogen (secondary N) is 2. The second kappa shape index (κ2) is 8.74. The lowest BCUT2D eigenvalue weighted by Gasteiger charge is -2.31. The molecule has 0 spiro atoms. The third kappa shape index (κ3) is 3.63. The van der Waals surface area contributed by atoms with Crippen LogP contribution < -0.4 is 10.1 Å². The van der Waals surface area contributed by atoms with Gasteiger partial charge in [0.15, 0.2) is 5.82 Å². The van der Waals surface area contributed by atoms with Gasteiger partial charge in [0.1, 0.15) is 22.8 Å². The molecule has 178 valence electrons. The number of ether oxygens (including phenoxy) is 1. The fraction of sp³-hybridized carbons (Fsp3) is 0.269. The van der Waals surface area contributed by atoms with Gasteiger partial charge < -0.3 is 19.9 Å². The summed E-state index contributed by atoms with van der Waals surface area (Å²) in [4.78, 5) is 28.0. The van der Waals surface area contributed by atoms with Gasteiger partial charge in [-0.15, -0.1) is 0 Å². The fourth-order valence-corrected chi connectivity index (χ4v) is 5.69. The lowest BCUT2D eigenvalue weighted by atomic mass is 9.95. The van der Waals surface area contributed by atoms with Crippen LogP contribution in [0.1, 0.15) is 34.9 Å². The lowest BCUT2D eigenvalue weighted by Crippen LogP contribution is -2.38. The van der Waals surface area contributed by atoms with Crippen molar-refractivity contribution in [3.05, 3.63) is 64.9 Å². The number of hydrogen-bond donors (Lipinski definition) is 2. The molecule has 1 amide bonds. The smallest absolute Gasteiger partial charge is 0.254 e. The number of anilines is 1. The molecule has 0 radical (unpaired) electrons. The molecular weight excluding hydrogens is 460 g/mol. The van der Waals surface area contributed by atoms with E-state index in [0.717, 1.165) is 76.7 Å². The Bertz CT molecular complexity index is 1510. The molecule has 1 saturated heterocycles. The molecule has 5 heterocycles. The minimum absolute atomic E-state index is 0.118. The third-order valence-electron chi connectivity index (χ3n) is 6.83. The number of methoxy groups -OCH3 is 1. The summed E-state index contributed by atoms with van der Waals surface area (Å²) in [5.74, 6) is 2.96. The average Bonchev–Trinajstić information content (AvgIpc) is 3.66. The van der Waals surface area contributed by atoms with E-state index in [1.807, 2.05) is 53.2 Å². The van der Waals surface area contributed by atoms with Crippen molar-refractivity contribution in [2.24, 2.45) is 0 Å². The molecule has 2 N–H and O–H groups in total. The van der Waals surface area contributed by atoms with Gasteiger partial charge >= 0.3 is 0 Å². The molecule has 0 saturated carbocycles. The standard InChI is InChI=1S/C26H26N6O2S/c1-27-24-23-22(20-14-18-19(29-20)4-3-5-21(18)34-2)30-25(32(23)12-9-28-24)16-6-10-31(11-7-16)26(33)17-8-13-35-15-17/h3-5,8-9,12-16,29H,6-7,10-11H2,1-2H3,(H,27,28). The number of likely N-dealkylation sites (tertiary alicyclic amines) is 1. The van der Waals surface area contributed by atoms with E-state index < -0.39 is 0 Å². The number of aromatic amines is 1. The highest BCUT2D eigenvalue weighted by molar-refractivity contribution is 7.08. The second-order valence-electron chi connectivity index (χ2n) is 8.75. The maximum Gasteiger partial charge on any atom is 0.254 e. The summed E-state index contributed by atoms with van der Waals surface area (Å²) in [5, 5.41) is 8.12. The molecule has 6 rings (SSSR count). The van der Waals surface area contributed by atoms with Gasteiger partial charge in [-0.3, -0.25) is 9.20 Å². The summed E-state index contributed by atoms with van der Waals surface area (Å²) in [6.45, 7) is 1.44. The topological polar surface area (TPSA) is 87.6 Å². The van der Waals surface area contributed by atoms with Gasteiger partial charge in [-0.1, -0.05) is 6.07 Å². The second-order valence-corrected chi connectivity index (χ2v) is 9.53. The van der Waals surface area contributed by atoms with Crippen LogP contribution in [0.15, 0.2) is 53.5 Å². The Labute approximate surface area is 206 Å². The van der Waals surface area contributed by atoms with E-state index >= 15 is 0 Å². The number of thiophene rings is 1. The van der Waals surface area contributed by atoms with Crippen molar-refractivity contribution in [3.8, 4) is 17.1 Å². The van der Waals surface area contributed by atoms with Crippen LogP contribution in [0, 0.1) is 0 Å². The van der Waals surface area contributed by atoms with Crippen LogP contribution in [-0.2, 0) is 0 Å². The Morgan fingerprint density at radius 2 is 2.11 bits per heavy atom. The molecule has 5 aromatic rings.